The molecule has 0 aromatic heterocycles. The number of rotatable bonds is 7. The van der Waals surface area contributed by atoms with Crippen molar-refractivity contribution < 1.29 is 24.2 Å². The highest BCUT2D eigenvalue weighted by Crippen LogP contribution is 2.18. The molecule has 0 saturated carbocycles. The van der Waals surface area contributed by atoms with Crippen LogP contribution in [-0.4, -0.2) is 28.6 Å². The number of carbonyl (C=O) groups is 3. The number of hydrazine groups is 1. The van der Waals surface area contributed by atoms with Crippen LogP contribution in [0, 0.1) is 0 Å². The van der Waals surface area contributed by atoms with E-state index in [1.54, 1.807) is 54.6 Å². The van der Waals surface area contributed by atoms with Crippen LogP contribution in [0.15, 0.2) is 60.7 Å². The van der Waals surface area contributed by atoms with E-state index >= 15 is 0 Å². The van der Waals surface area contributed by atoms with E-state index in [1.807, 2.05) is 6.07 Å². The second-order valence-electron chi connectivity index (χ2n) is 4.84. The predicted octanol–water partition coefficient (Wildman–Crippen LogP) is 2.11. The van der Waals surface area contributed by atoms with Crippen LogP contribution in [0.1, 0.15) is 17.2 Å². The average Bonchev–Trinajstić information content (AvgIpc) is 2.61. The summed E-state index contributed by atoms with van der Waals surface area (Å²) in [7, 11) is 0. The number of aliphatic carboxylic acids is 1. The predicted molar refractivity (Wildman–Crippen MR) is 84.5 cm³/mol. The summed E-state index contributed by atoms with van der Waals surface area (Å²) < 4.78 is 4.98. The molecule has 0 radical (unpaired) electrons. The number of hydrogen-bond donors (Lipinski definition) is 2. The van der Waals surface area contributed by atoms with Gasteiger partial charge in [0.15, 0.2) is 6.04 Å². The van der Waals surface area contributed by atoms with Gasteiger partial charge in [-0.1, -0.05) is 60.7 Å². The fourth-order valence-electron chi connectivity index (χ4n) is 2.07. The van der Waals surface area contributed by atoms with Gasteiger partial charge in [0.2, 0.25) is 6.41 Å². The van der Waals surface area contributed by atoms with E-state index in [2.05, 4.69) is 5.43 Å². The topological polar surface area (TPSA) is 95.9 Å². The minimum Gasteiger partial charge on any atom is -0.479 e. The molecule has 0 saturated heterocycles. The third kappa shape index (κ3) is 4.57. The van der Waals surface area contributed by atoms with Crippen molar-refractivity contribution in [2.24, 2.45) is 0 Å². The molecule has 0 aliphatic rings. The second-order valence-corrected chi connectivity index (χ2v) is 4.84. The first-order chi connectivity index (χ1) is 11.6. The van der Waals surface area contributed by atoms with Gasteiger partial charge in [-0.15, -0.1) is 0 Å². The summed E-state index contributed by atoms with van der Waals surface area (Å²) in [6.07, 6.45) is -0.691. The molecule has 0 spiro atoms. The van der Waals surface area contributed by atoms with Crippen LogP contribution in [-0.2, 0) is 20.9 Å². The van der Waals surface area contributed by atoms with E-state index in [0.29, 0.717) is 10.6 Å². The largest absolute Gasteiger partial charge is 0.479 e. The van der Waals surface area contributed by atoms with Gasteiger partial charge in [-0.25, -0.2) is 20.0 Å². The maximum atomic E-state index is 11.8. The highest BCUT2D eigenvalue weighted by Gasteiger charge is 2.28. The SMILES string of the molecule is O=CN(NC(=O)OCc1ccccc1)[C@@H](C(=O)O)c1ccccc1. The molecule has 1 atom stereocenters. The fourth-order valence-corrected chi connectivity index (χ4v) is 2.07. The minimum atomic E-state index is -1.35. The number of carboxylic acid groups (broad SMARTS) is 1. The van der Waals surface area contributed by atoms with E-state index in [0.717, 1.165) is 5.56 Å². The van der Waals surface area contributed by atoms with E-state index in [-0.39, 0.29) is 13.0 Å². The highest BCUT2D eigenvalue weighted by molar-refractivity contribution is 5.79. The first kappa shape index (κ1) is 17.0. The first-order valence-electron chi connectivity index (χ1n) is 7.10. The van der Waals surface area contributed by atoms with Crippen LogP contribution in [0.2, 0.25) is 0 Å². The lowest BCUT2D eigenvalue weighted by Gasteiger charge is -2.25. The van der Waals surface area contributed by atoms with E-state index in [9.17, 15) is 19.5 Å². The Hall–Kier alpha value is -3.35. The molecule has 7 nitrogen and oxygen atoms in total. The molecular formula is C17H16N2O5. The summed E-state index contributed by atoms with van der Waals surface area (Å²) in [5, 5.41) is 10.0. The Balaban J connectivity index is 2.02. The molecule has 7 heteroatoms. The number of amides is 2. The number of ether oxygens (including phenoxy) is 1. The lowest BCUT2D eigenvalue weighted by molar-refractivity contribution is -0.148. The molecule has 2 rings (SSSR count). The van der Waals surface area contributed by atoms with Gasteiger partial charge in [-0.3, -0.25) is 4.79 Å². The Labute approximate surface area is 138 Å². The summed E-state index contributed by atoms with van der Waals surface area (Å²) in [5.41, 5.74) is 3.25. The summed E-state index contributed by atoms with van der Waals surface area (Å²) in [6.45, 7) is 0.00243. The van der Waals surface area contributed by atoms with E-state index in [4.69, 9.17) is 4.74 Å². The van der Waals surface area contributed by atoms with Crippen molar-refractivity contribution in [1.82, 2.24) is 10.4 Å². The zero-order valence-corrected chi connectivity index (χ0v) is 12.7. The third-order valence-electron chi connectivity index (χ3n) is 3.17. The van der Waals surface area contributed by atoms with Crippen LogP contribution in [0.3, 0.4) is 0 Å². The Morgan fingerprint density at radius 1 is 1.08 bits per heavy atom. The number of benzene rings is 2. The summed E-state index contributed by atoms with van der Waals surface area (Å²) >= 11 is 0. The summed E-state index contributed by atoms with van der Waals surface area (Å²) in [6, 6.07) is 15.7. The van der Waals surface area contributed by atoms with Gasteiger partial charge < -0.3 is 9.84 Å². The van der Waals surface area contributed by atoms with Crippen LogP contribution in [0.4, 0.5) is 4.79 Å². The second kappa shape index (κ2) is 8.33. The van der Waals surface area contributed by atoms with Crippen molar-refractivity contribution in [3.05, 3.63) is 71.8 Å². The molecule has 2 amide bonds. The summed E-state index contributed by atoms with van der Waals surface area (Å²) in [5.74, 6) is -1.28. The van der Waals surface area contributed by atoms with Crippen LogP contribution >= 0.6 is 0 Å². The maximum Gasteiger partial charge on any atom is 0.426 e. The number of nitrogens with one attached hydrogen (secondary N) is 1. The van der Waals surface area contributed by atoms with E-state index < -0.39 is 18.1 Å². The van der Waals surface area contributed by atoms with E-state index in [1.165, 1.54) is 0 Å². The number of nitrogens with zero attached hydrogens (tertiary/aromatic N) is 1. The molecule has 24 heavy (non-hydrogen) atoms. The standard InChI is InChI=1S/C17H16N2O5/c20-12-19(15(16(21)22)14-9-5-2-6-10-14)18-17(23)24-11-13-7-3-1-4-8-13/h1-10,12,15H,11H2,(H,18,23)(H,21,22)/t15-/m1/s1. The quantitative estimate of drug-likeness (QED) is 0.599. The Morgan fingerprint density at radius 3 is 2.21 bits per heavy atom. The van der Waals surface area contributed by atoms with Crippen LogP contribution in [0.25, 0.3) is 0 Å². The molecular weight excluding hydrogens is 312 g/mol. The smallest absolute Gasteiger partial charge is 0.426 e. The van der Waals surface area contributed by atoms with Gasteiger partial charge in [0.1, 0.15) is 6.61 Å². The number of carboxylic acids is 1. The Bertz CT molecular complexity index is 691. The first-order valence-corrected chi connectivity index (χ1v) is 7.10. The van der Waals surface area contributed by atoms with Crippen molar-refractivity contribution in [1.29, 1.82) is 0 Å². The molecule has 0 bridgehead atoms. The zero-order valence-electron chi connectivity index (χ0n) is 12.7. The van der Waals surface area contributed by atoms with Crippen LogP contribution < -0.4 is 5.43 Å². The summed E-state index contributed by atoms with van der Waals surface area (Å²) in [4.78, 5) is 34.5. The van der Waals surface area contributed by atoms with Crippen molar-refractivity contribution in [2.45, 2.75) is 12.6 Å². The molecule has 2 N–H and O–H groups in total. The molecule has 2 aromatic carbocycles. The fraction of sp³-hybridized carbons (Fsp3) is 0.118. The number of carbonyl (C=O) groups excluding carboxylic acids is 2. The van der Waals surface area contributed by atoms with Crippen molar-refractivity contribution >= 4 is 18.5 Å². The van der Waals surface area contributed by atoms with Gasteiger partial charge in [0.25, 0.3) is 0 Å². The molecule has 0 fully saturated rings. The van der Waals surface area contributed by atoms with Gasteiger partial charge >= 0.3 is 12.1 Å². The lowest BCUT2D eigenvalue weighted by atomic mass is 10.1. The van der Waals surface area contributed by atoms with Gasteiger partial charge in [-0.2, -0.15) is 0 Å². The molecule has 0 aliphatic carbocycles. The lowest BCUT2D eigenvalue weighted by Crippen LogP contribution is -2.46. The highest BCUT2D eigenvalue weighted by atomic mass is 16.6. The van der Waals surface area contributed by atoms with Gasteiger partial charge in [0.05, 0.1) is 0 Å². The zero-order chi connectivity index (χ0) is 17.4. The number of hydrogen-bond acceptors (Lipinski definition) is 4. The average molecular weight is 328 g/mol. The molecule has 0 heterocycles. The van der Waals surface area contributed by atoms with Gasteiger partial charge in [-0.05, 0) is 11.1 Å². The minimum absolute atomic E-state index is 0.00243. The normalized spacial score (nSPS) is 11.2. The van der Waals surface area contributed by atoms with Crippen molar-refractivity contribution in [3.63, 3.8) is 0 Å². The van der Waals surface area contributed by atoms with Crippen molar-refractivity contribution in [2.75, 3.05) is 0 Å². The Kier molecular flexibility index (Phi) is 5.90. The van der Waals surface area contributed by atoms with Crippen LogP contribution in [0.5, 0.6) is 0 Å². The van der Waals surface area contributed by atoms with Gasteiger partial charge in [0, 0.05) is 0 Å². The molecule has 0 aliphatic heterocycles. The van der Waals surface area contributed by atoms with Crippen molar-refractivity contribution in [3.8, 4) is 0 Å². The monoisotopic (exact) mass is 328 g/mol. The molecule has 124 valence electrons. The molecule has 2 aromatic rings. The Morgan fingerprint density at radius 2 is 1.67 bits per heavy atom. The molecule has 0 unspecified atom stereocenters. The maximum absolute atomic E-state index is 11.8. The third-order valence-corrected chi connectivity index (χ3v) is 3.17.